The number of fused-ring (bicyclic) bond motifs is 1. The summed E-state index contributed by atoms with van der Waals surface area (Å²) in [5.41, 5.74) is 6.27. The lowest BCUT2D eigenvalue weighted by Crippen LogP contribution is -2.32. The second-order valence-electron chi connectivity index (χ2n) is 4.56. The maximum absolute atomic E-state index is 11.7. The standard InChI is InChI=1S/C12H16N2O2S/c1-7-2-3-9-8(4-7)5-10(17-9)12(16)14-6-11(13)15/h5,7H,2-4,6H2,1H3,(H2,13,15)(H,14,16). The Morgan fingerprint density at radius 2 is 2.35 bits per heavy atom. The molecule has 0 aromatic carbocycles. The molecule has 0 radical (unpaired) electrons. The highest BCUT2D eigenvalue weighted by Crippen LogP contribution is 2.32. The van der Waals surface area contributed by atoms with Crippen LogP contribution in [0.1, 0.15) is 33.5 Å². The van der Waals surface area contributed by atoms with Crippen LogP contribution in [0.5, 0.6) is 0 Å². The maximum atomic E-state index is 11.7. The van der Waals surface area contributed by atoms with Crippen molar-refractivity contribution in [2.24, 2.45) is 11.7 Å². The van der Waals surface area contributed by atoms with Gasteiger partial charge in [0.1, 0.15) is 0 Å². The summed E-state index contributed by atoms with van der Waals surface area (Å²) in [6.45, 7) is 2.13. The van der Waals surface area contributed by atoms with Crippen LogP contribution in [0.4, 0.5) is 0 Å². The van der Waals surface area contributed by atoms with Gasteiger partial charge in [0.2, 0.25) is 5.91 Å². The van der Waals surface area contributed by atoms with Crippen LogP contribution in [0.15, 0.2) is 6.07 Å². The van der Waals surface area contributed by atoms with Crippen LogP contribution in [0.2, 0.25) is 0 Å². The van der Waals surface area contributed by atoms with E-state index >= 15 is 0 Å². The Morgan fingerprint density at radius 3 is 3.06 bits per heavy atom. The monoisotopic (exact) mass is 252 g/mol. The second-order valence-corrected chi connectivity index (χ2v) is 5.69. The molecule has 0 saturated heterocycles. The molecule has 0 bridgehead atoms. The van der Waals surface area contributed by atoms with Gasteiger partial charge in [0.15, 0.2) is 0 Å². The van der Waals surface area contributed by atoms with E-state index in [4.69, 9.17) is 5.73 Å². The quantitative estimate of drug-likeness (QED) is 0.845. The third-order valence-corrected chi connectivity index (χ3v) is 4.21. The Labute approximate surface area is 104 Å². The highest BCUT2D eigenvalue weighted by Gasteiger charge is 2.20. The van der Waals surface area contributed by atoms with Gasteiger partial charge in [0.05, 0.1) is 11.4 Å². The number of carbonyl (C=O) groups is 2. The van der Waals surface area contributed by atoms with Crippen molar-refractivity contribution in [3.8, 4) is 0 Å². The summed E-state index contributed by atoms with van der Waals surface area (Å²) in [4.78, 5) is 24.3. The van der Waals surface area contributed by atoms with Gasteiger partial charge in [0.25, 0.3) is 5.91 Å². The van der Waals surface area contributed by atoms with E-state index in [1.54, 1.807) is 0 Å². The molecule has 0 spiro atoms. The normalized spacial score (nSPS) is 18.5. The first-order valence-electron chi connectivity index (χ1n) is 5.74. The van der Waals surface area contributed by atoms with Crippen LogP contribution in [-0.4, -0.2) is 18.4 Å². The topological polar surface area (TPSA) is 72.2 Å². The van der Waals surface area contributed by atoms with Gasteiger partial charge in [-0.05, 0) is 36.8 Å². The highest BCUT2D eigenvalue weighted by molar-refractivity contribution is 7.14. The van der Waals surface area contributed by atoms with Crippen molar-refractivity contribution in [2.45, 2.75) is 26.2 Å². The van der Waals surface area contributed by atoms with Gasteiger partial charge in [-0.1, -0.05) is 6.92 Å². The highest BCUT2D eigenvalue weighted by atomic mass is 32.1. The zero-order valence-electron chi connectivity index (χ0n) is 9.79. The molecular formula is C12H16N2O2S. The summed E-state index contributed by atoms with van der Waals surface area (Å²) in [7, 11) is 0. The summed E-state index contributed by atoms with van der Waals surface area (Å²) in [6, 6.07) is 1.95. The van der Waals surface area contributed by atoms with Crippen molar-refractivity contribution in [1.29, 1.82) is 0 Å². The van der Waals surface area contributed by atoms with Crippen LogP contribution in [-0.2, 0) is 17.6 Å². The Bertz CT molecular complexity index is 453. The van der Waals surface area contributed by atoms with Crippen molar-refractivity contribution in [2.75, 3.05) is 6.54 Å². The molecule has 3 N–H and O–H groups in total. The number of thiophene rings is 1. The van der Waals surface area contributed by atoms with Gasteiger partial charge < -0.3 is 11.1 Å². The second kappa shape index (κ2) is 4.87. The molecule has 17 heavy (non-hydrogen) atoms. The largest absolute Gasteiger partial charge is 0.368 e. The van der Waals surface area contributed by atoms with E-state index in [1.165, 1.54) is 28.2 Å². The molecule has 0 fully saturated rings. The predicted octanol–water partition coefficient (Wildman–Crippen LogP) is 1.09. The first-order valence-corrected chi connectivity index (χ1v) is 6.56. The van der Waals surface area contributed by atoms with Crippen LogP contribution >= 0.6 is 11.3 Å². The van der Waals surface area contributed by atoms with Crippen LogP contribution in [0.25, 0.3) is 0 Å². The van der Waals surface area contributed by atoms with Crippen LogP contribution < -0.4 is 11.1 Å². The number of nitrogens with one attached hydrogen (secondary N) is 1. The van der Waals surface area contributed by atoms with Crippen molar-refractivity contribution in [3.05, 3.63) is 21.4 Å². The molecule has 4 nitrogen and oxygen atoms in total. The summed E-state index contributed by atoms with van der Waals surface area (Å²) in [5.74, 6) is -0.0252. The number of carbonyl (C=O) groups excluding carboxylic acids is 2. The van der Waals surface area contributed by atoms with Gasteiger partial charge in [0, 0.05) is 4.88 Å². The van der Waals surface area contributed by atoms with Gasteiger partial charge in [-0.15, -0.1) is 11.3 Å². The first kappa shape index (κ1) is 12.1. The molecule has 0 saturated carbocycles. The van der Waals surface area contributed by atoms with Gasteiger partial charge in [-0.3, -0.25) is 9.59 Å². The summed E-state index contributed by atoms with van der Waals surface area (Å²) in [6.07, 6.45) is 3.30. The number of primary amides is 1. The number of nitrogens with two attached hydrogens (primary N) is 1. The third-order valence-electron chi connectivity index (χ3n) is 2.98. The minimum Gasteiger partial charge on any atom is -0.368 e. The summed E-state index contributed by atoms with van der Waals surface area (Å²) in [5, 5.41) is 2.52. The molecule has 1 aromatic rings. The van der Waals surface area contributed by atoms with E-state index in [0.29, 0.717) is 10.8 Å². The smallest absolute Gasteiger partial charge is 0.261 e. The lowest BCUT2D eigenvalue weighted by Gasteiger charge is -2.16. The Morgan fingerprint density at radius 1 is 1.59 bits per heavy atom. The van der Waals surface area contributed by atoms with Gasteiger partial charge >= 0.3 is 0 Å². The van der Waals surface area contributed by atoms with Crippen molar-refractivity contribution < 1.29 is 9.59 Å². The van der Waals surface area contributed by atoms with Crippen molar-refractivity contribution in [3.63, 3.8) is 0 Å². The van der Waals surface area contributed by atoms with Gasteiger partial charge in [-0.2, -0.15) is 0 Å². The van der Waals surface area contributed by atoms with E-state index < -0.39 is 5.91 Å². The molecule has 1 aromatic heterocycles. The minimum absolute atomic E-state index is 0.0994. The summed E-state index contributed by atoms with van der Waals surface area (Å²) < 4.78 is 0. The average molecular weight is 252 g/mol. The predicted molar refractivity (Wildman–Crippen MR) is 67.0 cm³/mol. The van der Waals surface area contributed by atoms with E-state index in [2.05, 4.69) is 12.2 Å². The SMILES string of the molecule is CC1CCc2sc(C(=O)NCC(N)=O)cc2C1. The molecule has 1 heterocycles. The molecule has 1 aliphatic carbocycles. The number of hydrogen-bond acceptors (Lipinski definition) is 3. The molecule has 2 amide bonds. The van der Waals surface area contributed by atoms with Gasteiger partial charge in [-0.25, -0.2) is 0 Å². The fourth-order valence-corrected chi connectivity index (χ4v) is 3.20. The first-order chi connectivity index (χ1) is 8.06. The van der Waals surface area contributed by atoms with Crippen molar-refractivity contribution >= 4 is 23.2 Å². The number of aryl methyl sites for hydroxylation is 1. The molecule has 1 unspecified atom stereocenters. The van der Waals surface area contributed by atoms with E-state index in [1.807, 2.05) is 6.07 Å². The Hall–Kier alpha value is -1.36. The van der Waals surface area contributed by atoms with Crippen LogP contribution in [0, 0.1) is 5.92 Å². The molecule has 5 heteroatoms. The third kappa shape index (κ3) is 2.85. The van der Waals surface area contributed by atoms with E-state index in [9.17, 15) is 9.59 Å². The fourth-order valence-electron chi connectivity index (χ4n) is 2.07. The fraction of sp³-hybridized carbons (Fsp3) is 0.500. The molecule has 0 aliphatic heterocycles. The van der Waals surface area contributed by atoms with Crippen molar-refractivity contribution in [1.82, 2.24) is 5.32 Å². The lowest BCUT2D eigenvalue weighted by atomic mass is 9.90. The molecule has 1 aliphatic rings. The Balaban J connectivity index is 2.07. The molecule has 92 valence electrons. The number of amides is 2. The number of hydrogen-bond donors (Lipinski definition) is 2. The Kier molecular flexibility index (Phi) is 3.47. The average Bonchev–Trinajstić information content (AvgIpc) is 2.68. The molecule has 1 atom stereocenters. The lowest BCUT2D eigenvalue weighted by molar-refractivity contribution is -0.117. The minimum atomic E-state index is -0.520. The zero-order valence-corrected chi connectivity index (χ0v) is 10.6. The zero-order chi connectivity index (χ0) is 12.4. The maximum Gasteiger partial charge on any atom is 0.261 e. The molecular weight excluding hydrogens is 236 g/mol. The van der Waals surface area contributed by atoms with Crippen LogP contribution in [0.3, 0.4) is 0 Å². The molecule has 2 rings (SSSR count). The van der Waals surface area contributed by atoms with E-state index in [0.717, 1.165) is 12.8 Å². The summed E-state index contributed by atoms with van der Waals surface area (Å²) >= 11 is 1.53. The van der Waals surface area contributed by atoms with E-state index in [-0.39, 0.29) is 12.5 Å². The number of rotatable bonds is 3.